The van der Waals surface area contributed by atoms with E-state index < -0.39 is 0 Å². The molecule has 1 aliphatic heterocycles. The van der Waals surface area contributed by atoms with Gasteiger partial charge in [-0.3, -0.25) is 4.79 Å². The van der Waals surface area contributed by atoms with Crippen molar-refractivity contribution in [3.63, 3.8) is 0 Å². The summed E-state index contributed by atoms with van der Waals surface area (Å²) in [5.74, 6) is 0.782. The highest BCUT2D eigenvalue weighted by Gasteiger charge is 2.27. The van der Waals surface area contributed by atoms with Gasteiger partial charge in [0.1, 0.15) is 5.75 Å². The number of amides is 1. The second-order valence-electron chi connectivity index (χ2n) is 4.91. The molecule has 5 heteroatoms. The Bertz CT molecular complexity index is 458. The quantitative estimate of drug-likeness (QED) is 0.882. The fraction of sp³-hybridized carbons (Fsp3) is 0.533. The van der Waals surface area contributed by atoms with Gasteiger partial charge in [-0.1, -0.05) is 12.1 Å². The fourth-order valence-electron chi connectivity index (χ4n) is 2.60. The molecular weight excluding hydrogens is 256 g/mol. The van der Waals surface area contributed by atoms with Crippen molar-refractivity contribution >= 4 is 11.6 Å². The minimum Gasteiger partial charge on any atom is -0.495 e. The van der Waals surface area contributed by atoms with E-state index in [-0.39, 0.29) is 12.0 Å². The summed E-state index contributed by atoms with van der Waals surface area (Å²) in [6.07, 6.45) is 2.00. The third-order valence-electron chi connectivity index (χ3n) is 3.70. The van der Waals surface area contributed by atoms with Gasteiger partial charge in [0.25, 0.3) is 0 Å². The maximum atomic E-state index is 12.5. The molecule has 2 rings (SSSR count). The lowest BCUT2D eigenvalue weighted by Gasteiger charge is -2.31. The Hall–Kier alpha value is -1.59. The van der Waals surface area contributed by atoms with Crippen LogP contribution in [0.2, 0.25) is 0 Å². The molecule has 0 aliphatic carbocycles. The molecule has 1 aromatic rings. The van der Waals surface area contributed by atoms with E-state index >= 15 is 0 Å². The number of benzene rings is 1. The molecule has 0 bridgehead atoms. The lowest BCUT2D eigenvalue weighted by molar-refractivity contribution is -0.121. The first kappa shape index (κ1) is 14.8. The second kappa shape index (κ2) is 6.72. The Morgan fingerprint density at radius 3 is 2.90 bits per heavy atom. The summed E-state index contributed by atoms with van der Waals surface area (Å²) in [6, 6.07) is 5.90. The molecule has 110 valence electrons. The van der Waals surface area contributed by atoms with Gasteiger partial charge in [0, 0.05) is 20.2 Å². The number of methoxy groups -OCH3 is 2. The van der Waals surface area contributed by atoms with E-state index in [2.05, 4.69) is 0 Å². The summed E-state index contributed by atoms with van der Waals surface area (Å²) >= 11 is 0. The smallest absolute Gasteiger partial charge is 0.229 e. The highest BCUT2D eigenvalue weighted by atomic mass is 16.5. The number of hydrogen-bond acceptors (Lipinski definition) is 4. The number of ether oxygens (including phenoxy) is 2. The predicted octanol–water partition coefficient (Wildman–Crippen LogP) is 1.34. The largest absolute Gasteiger partial charge is 0.495 e. The molecular formula is C15H22N2O3. The number of aryl methyl sites for hydroxylation is 1. The van der Waals surface area contributed by atoms with Gasteiger partial charge in [0.15, 0.2) is 0 Å². The molecule has 1 atom stereocenters. The first-order valence-corrected chi connectivity index (χ1v) is 6.90. The van der Waals surface area contributed by atoms with Crippen LogP contribution in [-0.2, 0) is 16.0 Å². The van der Waals surface area contributed by atoms with Crippen molar-refractivity contribution in [2.45, 2.75) is 25.4 Å². The zero-order chi connectivity index (χ0) is 14.5. The second-order valence-corrected chi connectivity index (χ2v) is 4.91. The van der Waals surface area contributed by atoms with Crippen LogP contribution in [0.4, 0.5) is 5.69 Å². The standard InChI is InChI=1S/C15H22N2O3/c1-19-12(10-16)9-14(18)17-8-4-6-11-5-3-7-13(20-2)15(11)17/h3,5,7,12H,4,6,8-10,16H2,1-2H3. The van der Waals surface area contributed by atoms with Crippen molar-refractivity contribution < 1.29 is 14.3 Å². The predicted molar refractivity (Wildman–Crippen MR) is 78.1 cm³/mol. The summed E-state index contributed by atoms with van der Waals surface area (Å²) in [5.41, 5.74) is 7.65. The molecule has 1 unspecified atom stereocenters. The van der Waals surface area contributed by atoms with E-state index in [1.165, 1.54) is 0 Å². The first-order chi connectivity index (χ1) is 9.71. The summed E-state index contributed by atoms with van der Waals surface area (Å²) in [5, 5.41) is 0. The van der Waals surface area contributed by atoms with Crippen LogP contribution < -0.4 is 15.4 Å². The fourth-order valence-corrected chi connectivity index (χ4v) is 2.60. The van der Waals surface area contributed by atoms with Gasteiger partial charge < -0.3 is 20.1 Å². The molecule has 0 saturated heterocycles. The lowest BCUT2D eigenvalue weighted by atomic mass is 10.00. The maximum absolute atomic E-state index is 12.5. The highest BCUT2D eigenvalue weighted by molar-refractivity contribution is 5.96. The molecule has 0 saturated carbocycles. The van der Waals surface area contributed by atoms with E-state index in [1.54, 1.807) is 19.1 Å². The molecule has 0 aromatic heterocycles. The van der Waals surface area contributed by atoms with E-state index in [0.29, 0.717) is 19.5 Å². The van der Waals surface area contributed by atoms with Crippen molar-refractivity contribution in [2.75, 3.05) is 32.2 Å². The number of carbonyl (C=O) groups excluding carboxylic acids is 1. The van der Waals surface area contributed by atoms with E-state index in [1.807, 2.05) is 18.2 Å². The van der Waals surface area contributed by atoms with E-state index in [9.17, 15) is 4.79 Å². The van der Waals surface area contributed by atoms with Gasteiger partial charge in [0.05, 0.1) is 25.3 Å². The van der Waals surface area contributed by atoms with Gasteiger partial charge >= 0.3 is 0 Å². The monoisotopic (exact) mass is 278 g/mol. The van der Waals surface area contributed by atoms with Crippen LogP contribution in [0, 0.1) is 0 Å². The number of nitrogens with two attached hydrogens (primary N) is 1. The van der Waals surface area contributed by atoms with Crippen molar-refractivity contribution in [1.29, 1.82) is 0 Å². The number of para-hydroxylation sites is 1. The Labute approximate surface area is 119 Å². The van der Waals surface area contributed by atoms with Crippen LogP contribution in [0.3, 0.4) is 0 Å². The average Bonchev–Trinajstić information content (AvgIpc) is 2.51. The minimum absolute atomic E-state index is 0.0350. The summed E-state index contributed by atoms with van der Waals surface area (Å²) in [6.45, 7) is 1.06. The molecule has 1 aromatic carbocycles. The SMILES string of the molecule is COc1cccc2c1N(C(=O)CC(CN)OC)CCC2. The Morgan fingerprint density at radius 2 is 2.25 bits per heavy atom. The van der Waals surface area contributed by atoms with Gasteiger partial charge in [-0.2, -0.15) is 0 Å². The van der Waals surface area contributed by atoms with Crippen molar-refractivity contribution in [2.24, 2.45) is 5.73 Å². The molecule has 1 heterocycles. The summed E-state index contributed by atoms with van der Waals surface area (Å²) in [4.78, 5) is 14.3. The van der Waals surface area contributed by atoms with Crippen molar-refractivity contribution in [1.82, 2.24) is 0 Å². The summed E-state index contributed by atoms with van der Waals surface area (Å²) in [7, 11) is 3.21. The topological polar surface area (TPSA) is 64.8 Å². The lowest BCUT2D eigenvalue weighted by Crippen LogP contribution is -2.39. The normalized spacial score (nSPS) is 15.7. The number of anilines is 1. The Kier molecular flexibility index (Phi) is 4.98. The summed E-state index contributed by atoms with van der Waals surface area (Å²) < 4.78 is 10.6. The molecule has 5 nitrogen and oxygen atoms in total. The zero-order valence-corrected chi connectivity index (χ0v) is 12.1. The van der Waals surface area contributed by atoms with Crippen LogP contribution in [-0.4, -0.2) is 39.3 Å². The van der Waals surface area contributed by atoms with Crippen molar-refractivity contribution in [3.8, 4) is 5.75 Å². The van der Waals surface area contributed by atoms with Gasteiger partial charge in [0.2, 0.25) is 5.91 Å². The molecule has 2 N–H and O–H groups in total. The van der Waals surface area contributed by atoms with Crippen LogP contribution in [0.1, 0.15) is 18.4 Å². The third-order valence-corrected chi connectivity index (χ3v) is 3.70. The third kappa shape index (κ3) is 2.94. The van der Waals surface area contributed by atoms with Crippen molar-refractivity contribution in [3.05, 3.63) is 23.8 Å². The van der Waals surface area contributed by atoms with Gasteiger partial charge in [-0.25, -0.2) is 0 Å². The number of nitrogens with zero attached hydrogens (tertiary/aromatic N) is 1. The number of carbonyl (C=O) groups is 1. The Balaban J connectivity index is 2.25. The molecule has 0 fully saturated rings. The first-order valence-electron chi connectivity index (χ1n) is 6.90. The number of fused-ring (bicyclic) bond motifs is 1. The number of rotatable bonds is 5. The number of hydrogen-bond donors (Lipinski definition) is 1. The van der Waals surface area contributed by atoms with E-state index in [4.69, 9.17) is 15.2 Å². The highest BCUT2D eigenvalue weighted by Crippen LogP contribution is 2.36. The average molecular weight is 278 g/mol. The van der Waals surface area contributed by atoms with Crippen LogP contribution in [0.15, 0.2) is 18.2 Å². The van der Waals surface area contributed by atoms with Gasteiger partial charge in [-0.15, -0.1) is 0 Å². The molecule has 0 spiro atoms. The van der Waals surface area contributed by atoms with Crippen LogP contribution in [0.25, 0.3) is 0 Å². The zero-order valence-electron chi connectivity index (χ0n) is 12.1. The minimum atomic E-state index is -0.234. The molecule has 1 amide bonds. The Morgan fingerprint density at radius 1 is 1.45 bits per heavy atom. The molecule has 20 heavy (non-hydrogen) atoms. The van der Waals surface area contributed by atoms with Gasteiger partial charge in [-0.05, 0) is 24.5 Å². The maximum Gasteiger partial charge on any atom is 0.229 e. The van der Waals surface area contributed by atoms with Crippen LogP contribution >= 0.6 is 0 Å². The molecule has 1 aliphatic rings. The van der Waals surface area contributed by atoms with Crippen LogP contribution in [0.5, 0.6) is 5.75 Å². The van der Waals surface area contributed by atoms with E-state index in [0.717, 1.165) is 29.8 Å². The molecule has 0 radical (unpaired) electrons.